The molecule has 0 aliphatic carbocycles. The number of thiazole rings is 1. The van der Waals surface area contributed by atoms with Crippen molar-refractivity contribution in [3.05, 3.63) is 34.9 Å². The van der Waals surface area contributed by atoms with Crippen LogP contribution < -0.4 is 5.32 Å². The SMILES string of the molecule is O=C(NCc1cocn1)c1cncs1. The van der Waals surface area contributed by atoms with Crippen molar-refractivity contribution in [3.63, 3.8) is 0 Å². The van der Waals surface area contributed by atoms with Crippen LogP contribution in [0.4, 0.5) is 0 Å². The maximum Gasteiger partial charge on any atom is 0.263 e. The first-order valence-corrected chi connectivity index (χ1v) is 4.78. The van der Waals surface area contributed by atoms with E-state index in [1.54, 1.807) is 5.51 Å². The van der Waals surface area contributed by atoms with Gasteiger partial charge in [0.25, 0.3) is 5.91 Å². The van der Waals surface area contributed by atoms with E-state index < -0.39 is 0 Å². The Morgan fingerprint density at radius 2 is 2.57 bits per heavy atom. The topological polar surface area (TPSA) is 68.0 Å². The fraction of sp³-hybridized carbons (Fsp3) is 0.125. The number of nitrogens with one attached hydrogen (secondary N) is 1. The molecule has 0 bridgehead atoms. The van der Waals surface area contributed by atoms with Crippen LogP contribution >= 0.6 is 11.3 Å². The molecular weight excluding hydrogens is 202 g/mol. The average molecular weight is 209 g/mol. The van der Waals surface area contributed by atoms with Crippen molar-refractivity contribution in [1.29, 1.82) is 0 Å². The smallest absolute Gasteiger partial charge is 0.263 e. The molecule has 14 heavy (non-hydrogen) atoms. The first-order chi connectivity index (χ1) is 6.86. The molecule has 0 radical (unpaired) electrons. The molecule has 2 heterocycles. The molecule has 72 valence electrons. The maximum atomic E-state index is 11.4. The van der Waals surface area contributed by atoms with E-state index in [9.17, 15) is 4.79 Å². The van der Waals surface area contributed by atoms with Crippen LogP contribution in [-0.4, -0.2) is 15.9 Å². The summed E-state index contributed by atoms with van der Waals surface area (Å²) in [5.41, 5.74) is 2.31. The van der Waals surface area contributed by atoms with Crippen LogP contribution in [0, 0.1) is 0 Å². The highest BCUT2D eigenvalue weighted by Crippen LogP contribution is 2.05. The van der Waals surface area contributed by atoms with Crippen LogP contribution in [0.3, 0.4) is 0 Å². The third kappa shape index (κ3) is 1.97. The van der Waals surface area contributed by atoms with Gasteiger partial charge in [-0.25, -0.2) is 4.98 Å². The van der Waals surface area contributed by atoms with Gasteiger partial charge >= 0.3 is 0 Å². The van der Waals surface area contributed by atoms with Gasteiger partial charge in [0.15, 0.2) is 6.39 Å². The van der Waals surface area contributed by atoms with Gasteiger partial charge in [-0.05, 0) is 0 Å². The molecule has 0 saturated carbocycles. The highest BCUT2D eigenvalue weighted by molar-refractivity contribution is 7.11. The molecular formula is C8H7N3O2S. The minimum atomic E-state index is -0.143. The van der Waals surface area contributed by atoms with Crippen molar-refractivity contribution in [2.75, 3.05) is 0 Å². The zero-order valence-corrected chi connectivity index (χ0v) is 7.95. The molecule has 0 unspecified atom stereocenters. The van der Waals surface area contributed by atoms with E-state index in [0.29, 0.717) is 17.1 Å². The number of rotatable bonds is 3. The molecule has 0 aromatic carbocycles. The number of amides is 1. The van der Waals surface area contributed by atoms with Gasteiger partial charge in [0.1, 0.15) is 11.1 Å². The van der Waals surface area contributed by atoms with Crippen LogP contribution in [0.1, 0.15) is 15.4 Å². The second-order valence-electron chi connectivity index (χ2n) is 2.53. The van der Waals surface area contributed by atoms with Crippen LogP contribution in [0.25, 0.3) is 0 Å². The minimum Gasteiger partial charge on any atom is -0.451 e. The number of hydrogen-bond donors (Lipinski definition) is 1. The van der Waals surface area contributed by atoms with Crippen molar-refractivity contribution in [1.82, 2.24) is 15.3 Å². The van der Waals surface area contributed by atoms with Crippen LogP contribution in [0.2, 0.25) is 0 Å². The fourth-order valence-electron chi connectivity index (χ4n) is 0.911. The molecule has 0 fully saturated rings. The summed E-state index contributed by atoms with van der Waals surface area (Å²) in [7, 11) is 0. The van der Waals surface area contributed by atoms with Crippen molar-refractivity contribution in [2.24, 2.45) is 0 Å². The third-order valence-electron chi connectivity index (χ3n) is 1.57. The highest BCUT2D eigenvalue weighted by Gasteiger charge is 2.06. The van der Waals surface area contributed by atoms with Crippen LogP contribution in [-0.2, 0) is 6.54 Å². The zero-order chi connectivity index (χ0) is 9.80. The van der Waals surface area contributed by atoms with E-state index in [1.165, 1.54) is 30.2 Å². The van der Waals surface area contributed by atoms with E-state index in [1.807, 2.05) is 0 Å². The van der Waals surface area contributed by atoms with Gasteiger partial charge in [-0.3, -0.25) is 9.78 Å². The summed E-state index contributed by atoms with van der Waals surface area (Å²) in [5, 5.41) is 2.70. The van der Waals surface area contributed by atoms with Gasteiger partial charge in [-0.1, -0.05) is 0 Å². The van der Waals surface area contributed by atoms with Crippen molar-refractivity contribution in [2.45, 2.75) is 6.54 Å². The Morgan fingerprint density at radius 3 is 3.21 bits per heavy atom. The third-order valence-corrected chi connectivity index (χ3v) is 2.34. The van der Waals surface area contributed by atoms with Gasteiger partial charge in [0.05, 0.1) is 23.9 Å². The number of carbonyl (C=O) groups excluding carboxylic acids is 1. The van der Waals surface area contributed by atoms with Crippen molar-refractivity contribution >= 4 is 17.2 Å². The molecule has 0 aliphatic heterocycles. The van der Waals surface area contributed by atoms with Gasteiger partial charge < -0.3 is 9.73 Å². The summed E-state index contributed by atoms with van der Waals surface area (Å²) in [5.74, 6) is -0.143. The quantitative estimate of drug-likeness (QED) is 0.820. The number of carbonyl (C=O) groups is 1. The summed E-state index contributed by atoms with van der Waals surface area (Å²) >= 11 is 1.30. The Labute approximate surface area is 83.8 Å². The lowest BCUT2D eigenvalue weighted by molar-refractivity contribution is 0.0954. The number of nitrogens with zero attached hydrogens (tertiary/aromatic N) is 2. The largest absolute Gasteiger partial charge is 0.451 e. The second kappa shape index (κ2) is 4.01. The normalized spacial score (nSPS) is 10.0. The molecule has 0 atom stereocenters. The molecule has 2 rings (SSSR count). The van der Waals surface area contributed by atoms with E-state index in [-0.39, 0.29) is 5.91 Å². The Balaban J connectivity index is 1.90. The predicted molar refractivity (Wildman–Crippen MR) is 49.8 cm³/mol. The Morgan fingerprint density at radius 1 is 1.64 bits per heavy atom. The standard InChI is InChI=1S/C8H7N3O2S/c12-8(7-2-9-5-14-7)10-1-6-3-13-4-11-6/h2-5H,1H2,(H,10,12). The van der Waals surface area contributed by atoms with Gasteiger partial charge in [0.2, 0.25) is 0 Å². The predicted octanol–water partition coefficient (Wildman–Crippen LogP) is 1.06. The molecule has 6 heteroatoms. The molecule has 2 aromatic heterocycles. The molecule has 0 saturated heterocycles. The lowest BCUT2D eigenvalue weighted by atomic mass is 10.4. The summed E-state index contributed by atoms with van der Waals surface area (Å²) in [6.07, 6.45) is 4.35. The molecule has 1 N–H and O–H groups in total. The van der Waals surface area contributed by atoms with Crippen molar-refractivity contribution in [3.8, 4) is 0 Å². The molecule has 1 amide bonds. The van der Waals surface area contributed by atoms with Gasteiger partial charge in [-0.15, -0.1) is 11.3 Å². The minimum absolute atomic E-state index is 0.143. The molecule has 0 aliphatic rings. The van der Waals surface area contributed by atoms with E-state index in [0.717, 1.165) is 0 Å². The van der Waals surface area contributed by atoms with Crippen molar-refractivity contribution < 1.29 is 9.21 Å². The van der Waals surface area contributed by atoms with E-state index >= 15 is 0 Å². The average Bonchev–Trinajstić information content (AvgIpc) is 2.87. The number of aromatic nitrogens is 2. The lowest BCUT2D eigenvalue weighted by Gasteiger charge is -1.98. The summed E-state index contributed by atoms with van der Waals surface area (Å²) in [4.78, 5) is 19.7. The van der Waals surface area contributed by atoms with Gasteiger partial charge in [0, 0.05) is 0 Å². The highest BCUT2D eigenvalue weighted by atomic mass is 32.1. The first kappa shape index (κ1) is 8.89. The van der Waals surface area contributed by atoms with Crippen LogP contribution in [0.15, 0.2) is 28.8 Å². The maximum absolute atomic E-state index is 11.4. The molecule has 0 spiro atoms. The fourth-order valence-corrected chi connectivity index (χ4v) is 1.45. The lowest BCUT2D eigenvalue weighted by Crippen LogP contribution is -2.21. The number of oxazole rings is 1. The monoisotopic (exact) mass is 209 g/mol. The zero-order valence-electron chi connectivity index (χ0n) is 7.14. The molecule has 5 nitrogen and oxygen atoms in total. The Bertz CT molecular complexity index is 396. The number of hydrogen-bond acceptors (Lipinski definition) is 5. The second-order valence-corrected chi connectivity index (χ2v) is 3.41. The van der Waals surface area contributed by atoms with Crippen LogP contribution in [0.5, 0.6) is 0 Å². The molecule has 2 aromatic rings. The van der Waals surface area contributed by atoms with Gasteiger partial charge in [-0.2, -0.15) is 0 Å². The summed E-state index contributed by atoms with van der Waals surface area (Å²) < 4.78 is 4.77. The summed E-state index contributed by atoms with van der Waals surface area (Å²) in [6, 6.07) is 0. The Hall–Kier alpha value is -1.69. The summed E-state index contributed by atoms with van der Waals surface area (Å²) in [6.45, 7) is 0.368. The van der Waals surface area contributed by atoms with E-state index in [4.69, 9.17) is 4.42 Å². The Kier molecular flexibility index (Phi) is 2.55. The van der Waals surface area contributed by atoms with E-state index in [2.05, 4.69) is 15.3 Å². The first-order valence-electron chi connectivity index (χ1n) is 3.90.